The molecule has 0 saturated carbocycles. The normalized spacial score (nSPS) is 10.9. The fourth-order valence-electron chi connectivity index (χ4n) is 2.16. The van der Waals surface area contributed by atoms with Gasteiger partial charge in [0.15, 0.2) is 0 Å². The fourth-order valence-corrected chi connectivity index (χ4v) is 2.16. The van der Waals surface area contributed by atoms with Crippen LogP contribution in [0.25, 0.3) is 0 Å². The van der Waals surface area contributed by atoms with Gasteiger partial charge in [-0.1, -0.05) is 43.3 Å². The summed E-state index contributed by atoms with van der Waals surface area (Å²) in [4.78, 5) is 6.73. The van der Waals surface area contributed by atoms with Crippen LogP contribution in [0.3, 0.4) is 0 Å². The van der Waals surface area contributed by atoms with Crippen LogP contribution in [0.15, 0.2) is 48.7 Å². The molecule has 1 heterocycles. The molecule has 0 aliphatic rings. The molecular weight excluding hydrogens is 234 g/mol. The minimum absolute atomic E-state index is 0.499. The van der Waals surface area contributed by atoms with Gasteiger partial charge in [-0.3, -0.25) is 9.88 Å². The summed E-state index contributed by atoms with van der Waals surface area (Å²) in [6, 6.07) is 14.6. The zero-order valence-corrected chi connectivity index (χ0v) is 11.4. The van der Waals surface area contributed by atoms with E-state index >= 15 is 0 Å². The third kappa shape index (κ3) is 3.88. The molecule has 2 rings (SSSR count). The molecule has 3 nitrogen and oxygen atoms in total. The van der Waals surface area contributed by atoms with Crippen molar-refractivity contribution in [3.63, 3.8) is 0 Å². The molecule has 0 radical (unpaired) electrons. The molecule has 0 atom stereocenters. The van der Waals surface area contributed by atoms with Crippen LogP contribution in [0, 0.1) is 0 Å². The highest BCUT2D eigenvalue weighted by Gasteiger charge is 2.08. The van der Waals surface area contributed by atoms with Crippen molar-refractivity contribution in [2.24, 2.45) is 5.73 Å². The molecular formula is C16H21N3. The largest absolute Gasteiger partial charge is 0.325 e. The highest BCUT2D eigenvalue weighted by molar-refractivity contribution is 5.20. The Morgan fingerprint density at radius 3 is 2.53 bits per heavy atom. The molecule has 0 saturated heterocycles. The Kier molecular flexibility index (Phi) is 5.07. The van der Waals surface area contributed by atoms with Crippen LogP contribution in [-0.4, -0.2) is 16.4 Å². The summed E-state index contributed by atoms with van der Waals surface area (Å²) in [5.74, 6) is 0. The molecule has 1 aromatic heterocycles. The molecule has 19 heavy (non-hydrogen) atoms. The molecule has 100 valence electrons. The Morgan fingerprint density at radius 2 is 1.84 bits per heavy atom. The molecule has 2 N–H and O–H groups in total. The van der Waals surface area contributed by atoms with E-state index in [1.165, 1.54) is 11.1 Å². The van der Waals surface area contributed by atoms with Gasteiger partial charge < -0.3 is 5.73 Å². The first-order chi connectivity index (χ1) is 9.33. The predicted octanol–water partition coefficient (Wildman–Crippen LogP) is 2.56. The van der Waals surface area contributed by atoms with E-state index in [-0.39, 0.29) is 0 Å². The van der Waals surface area contributed by atoms with Gasteiger partial charge in [-0.25, -0.2) is 0 Å². The second-order valence-corrected chi connectivity index (χ2v) is 4.60. The van der Waals surface area contributed by atoms with Crippen molar-refractivity contribution < 1.29 is 0 Å². The highest BCUT2D eigenvalue weighted by Crippen LogP contribution is 2.11. The fraction of sp³-hybridized carbons (Fsp3) is 0.312. The lowest BCUT2D eigenvalue weighted by molar-refractivity contribution is 0.270. The second-order valence-electron chi connectivity index (χ2n) is 4.60. The van der Waals surface area contributed by atoms with E-state index in [2.05, 4.69) is 47.1 Å². The maximum Gasteiger partial charge on any atom is 0.0584 e. The molecule has 3 heteroatoms. The Balaban J connectivity index is 2.07. The van der Waals surface area contributed by atoms with Crippen LogP contribution < -0.4 is 5.73 Å². The standard InChI is InChI=1S/C16H21N3/c1-2-19(12-14-7-4-3-5-8-14)13-15-9-6-10-18-16(15)11-17/h3-10H,2,11-13,17H2,1H3. The molecule has 0 aliphatic heterocycles. The molecule has 0 aliphatic carbocycles. The molecule has 0 amide bonds. The van der Waals surface area contributed by atoms with Gasteiger partial charge in [-0.15, -0.1) is 0 Å². The summed E-state index contributed by atoms with van der Waals surface area (Å²) in [6.07, 6.45) is 1.80. The molecule has 0 spiro atoms. The Morgan fingerprint density at radius 1 is 1.05 bits per heavy atom. The third-order valence-corrected chi connectivity index (χ3v) is 3.27. The first-order valence-electron chi connectivity index (χ1n) is 6.72. The quantitative estimate of drug-likeness (QED) is 0.862. The Labute approximate surface area is 115 Å². The first kappa shape index (κ1) is 13.7. The van der Waals surface area contributed by atoms with E-state index in [0.29, 0.717) is 6.54 Å². The monoisotopic (exact) mass is 255 g/mol. The van der Waals surface area contributed by atoms with E-state index in [1.54, 1.807) is 6.20 Å². The van der Waals surface area contributed by atoms with Crippen LogP contribution in [0.5, 0.6) is 0 Å². The van der Waals surface area contributed by atoms with E-state index in [1.807, 2.05) is 12.1 Å². The number of rotatable bonds is 6. The summed E-state index contributed by atoms with van der Waals surface area (Å²) < 4.78 is 0. The van der Waals surface area contributed by atoms with Crippen molar-refractivity contribution in [2.75, 3.05) is 6.54 Å². The van der Waals surface area contributed by atoms with Crippen LogP contribution in [-0.2, 0) is 19.6 Å². The summed E-state index contributed by atoms with van der Waals surface area (Å²) in [7, 11) is 0. The smallest absolute Gasteiger partial charge is 0.0584 e. The van der Waals surface area contributed by atoms with Crippen LogP contribution >= 0.6 is 0 Å². The van der Waals surface area contributed by atoms with Crippen molar-refractivity contribution in [1.29, 1.82) is 0 Å². The number of nitrogens with zero attached hydrogens (tertiary/aromatic N) is 2. The van der Waals surface area contributed by atoms with Gasteiger partial charge in [0.2, 0.25) is 0 Å². The van der Waals surface area contributed by atoms with Crippen molar-refractivity contribution in [3.05, 3.63) is 65.5 Å². The van der Waals surface area contributed by atoms with Crippen LogP contribution in [0.2, 0.25) is 0 Å². The van der Waals surface area contributed by atoms with Gasteiger partial charge in [0.25, 0.3) is 0 Å². The van der Waals surface area contributed by atoms with E-state index < -0.39 is 0 Å². The average molecular weight is 255 g/mol. The van der Waals surface area contributed by atoms with Gasteiger partial charge in [0.05, 0.1) is 5.69 Å². The number of hydrogen-bond donors (Lipinski definition) is 1. The number of aromatic nitrogens is 1. The lowest BCUT2D eigenvalue weighted by Crippen LogP contribution is -2.23. The molecule has 0 unspecified atom stereocenters. The maximum absolute atomic E-state index is 5.74. The lowest BCUT2D eigenvalue weighted by Gasteiger charge is -2.21. The van der Waals surface area contributed by atoms with Crippen molar-refractivity contribution in [2.45, 2.75) is 26.6 Å². The van der Waals surface area contributed by atoms with E-state index in [4.69, 9.17) is 5.73 Å². The third-order valence-electron chi connectivity index (χ3n) is 3.27. The summed E-state index contributed by atoms with van der Waals surface area (Å²) in [6.45, 7) is 5.54. The molecule has 0 bridgehead atoms. The first-order valence-corrected chi connectivity index (χ1v) is 6.72. The number of pyridine rings is 1. The zero-order valence-electron chi connectivity index (χ0n) is 11.4. The molecule has 0 fully saturated rings. The number of nitrogens with two attached hydrogens (primary N) is 1. The van der Waals surface area contributed by atoms with Crippen molar-refractivity contribution >= 4 is 0 Å². The predicted molar refractivity (Wildman–Crippen MR) is 78.4 cm³/mol. The Hall–Kier alpha value is -1.71. The van der Waals surface area contributed by atoms with Gasteiger partial charge >= 0.3 is 0 Å². The summed E-state index contributed by atoms with van der Waals surface area (Å²) in [5, 5.41) is 0. The van der Waals surface area contributed by atoms with Crippen molar-refractivity contribution in [1.82, 2.24) is 9.88 Å². The summed E-state index contributed by atoms with van der Waals surface area (Å²) in [5.41, 5.74) is 9.29. The van der Waals surface area contributed by atoms with E-state index in [9.17, 15) is 0 Å². The minimum Gasteiger partial charge on any atom is -0.325 e. The minimum atomic E-state index is 0.499. The van der Waals surface area contributed by atoms with Gasteiger partial charge in [-0.05, 0) is 23.7 Å². The Bertz CT molecular complexity index is 496. The summed E-state index contributed by atoms with van der Waals surface area (Å²) >= 11 is 0. The van der Waals surface area contributed by atoms with E-state index in [0.717, 1.165) is 25.3 Å². The topological polar surface area (TPSA) is 42.2 Å². The average Bonchev–Trinajstić information content (AvgIpc) is 2.48. The van der Waals surface area contributed by atoms with Crippen LogP contribution in [0.1, 0.15) is 23.7 Å². The zero-order chi connectivity index (χ0) is 13.5. The second kappa shape index (κ2) is 7.02. The number of hydrogen-bond acceptors (Lipinski definition) is 3. The van der Waals surface area contributed by atoms with Crippen molar-refractivity contribution in [3.8, 4) is 0 Å². The number of benzene rings is 1. The maximum atomic E-state index is 5.74. The van der Waals surface area contributed by atoms with Gasteiger partial charge in [0, 0.05) is 25.8 Å². The highest BCUT2D eigenvalue weighted by atomic mass is 15.1. The SMILES string of the molecule is CCN(Cc1ccccc1)Cc1cccnc1CN. The van der Waals surface area contributed by atoms with Gasteiger partial charge in [0.1, 0.15) is 0 Å². The van der Waals surface area contributed by atoms with Gasteiger partial charge in [-0.2, -0.15) is 0 Å². The molecule has 1 aromatic carbocycles. The van der Waals surface area contributed by atoms with Crippen LogP contribution in [0.4, 0.5) is 0 Å². The molecule has 2 aromatic rings. The lowest BCUT2D eigenvalue weighted by atomic mass is 10.1.